The van der Waals surface area contributed by atoms with Crippen molar-refractivity contribution < 1.29 is 27.9 Å². The molecule has 0 bridgehead atoms. The van der Waals surface area contributed by atoms with E-state index in [0.717, 1.165) is 23.1 Å². The number of amides is 2. The number of alkyl halides is 3. The molecule has 0 radical (unpaired) electrons. The Kier molecular flexibility index (Phi) is 7.39. The average Bonchev–Trinajstić information content (AvgIpc) is 2.93. The summed E-state index contributed by atoms with van der Waals surface area (Å²) in [6, 6.07) is 22.2. The molecule has 0 fully saturated rings. The third kappa shape index (κ3) is 5.66. The molecule has 200 valence electrons. The molecule has 0 aliphatic carbocycles. The van der Waals surface area contributed by atoms with Gasteiger partial charge in [0.25, 0.3) is 0 Å². The largest absolute Gasteiger partial charge is 0.416 e. The third-order valence-corrected chi connectivity index (χ3v) is 7.05. The van der Waals surface area contributed by atoms with Crippen LogP contribution in [0.1, 0.15) is 29.5 Å². The van der Waals surface area contributed by atoms with Crippen LogP contribution in [0.3, 0.4) is 0 Å². The van der Waals surface area contributed by atoms with Crippen molar-refractivity contribution >= 4 is 44.1 Å². The Morgan fingerprint density at radius 3 is 2.13 bits per heavy atom. The summed E-state index contributed by atoms with van der Waals surface area (Å²) in [7, 11) is 0. The van der Waals surface area contributed by atoms with Gasteiger partial charge in [-0.05, 0) is 68.4 Å². The standard InChI is InChI=1S/C31H27F3N2O3/c32-31(33,34)24-14-7-19(8-15-24)17-35-30(39)26(18-37)36-27(38)6-2-3-20-9-10-23-12-11-21-4-1-5-22-13-16-25(20)29(23)28(21)22/h1,4-5,7-16,26,37H,2-3,6,17-18H2,(H,35,39)(H,36,38). The molecular formula is C31H27F3N2O3. The summed E-state index contributed by atoms with van der Waals surface area (Å²) in [4.78, 5) is 25.0. The van der Waals surface area contributed by atoms with Gasteiger partial charge in [-0.15, -0.1) is 0 Å². The van der Waals surface area contributed by atoms with Crippen LogP contribution < -0.4 is 10.6 Å². The molecule has 8 heteroatoms. The summed E-state index contributed by atoms with van der Waals surface area (Å²) in [5.74, 6) is -0.978. The molecule has 0 heterocycles. The second-order valence-electron chi connectivity index (χ2n) is 9.65. The molecular weight excluding hydrogens is 505 g/mol. The fraction of sp³-hybridized carbons (Fsp3) is 0.226. The Bertz CT molecular complexity index is 1610. The van der Waals surface area contributed by atoms with Gasteiger partial charge in [0, 0.05) is 13.0 Å². The molecule has 0 aliphatic heterocycles. The molecule has 3 N–H and O–H groups in total. The summed E-state index contributed by atoms with van der Waals surface area (Å²) in [5.41, 5.74) is 0.828. The van der Waals surface area contributed by atoms with Crippen LogP contribution in [0.25, 0.3) is 32.3 Å². The van der Waals surface area contributed by atoms with Crippen LogP contribution in [0.15, 0.2) is 78.9 Å². The summed E-state index contributed by atoms with van der Waals surface area (Å²) in [6.07, 6.45) is -3.04. The van der Waals surface area contributed by atoms with Crippen molar-refractivity contribution in [1.82, 2.24) is 10.6 Å². The molecule has 0 aliphatic rings. The SMILES string of the molecule is O=C(CCCc1ccc2ccc3cccc4ccc1c2c34)NC(CO)C(=O)NCc1ccc(C(F)(F)F)cc1. The van der Waals surface area contributed by atoms with Crippen molar-refractivity contribution in [2.24, 2.45) is 0 Å². The zero-order valence-electron chi connectivity index (χ0n) is 21.0. The van der Waals surface area contributed by atoms with Crippen molar-refractivity contribution in [1.29, 1.82) is 0 Å². The minimum absolute atomic E-state index is 0.0298. The highest BCUT2D eigenvalue weighted by Gasteiger charge is 2.30. The minimum atomic E-state index is -4.44. The first-order valence-corrected chi connectivity index (χ1v) is 12.7. The molecule has 2 amide bonds. The topological polar surface area (TPSA) is 78.4 Å². The second kappa shape index (κ2) is 10.9. The lowest BCUT2D eigenvalue weighted by Gasteiger charge is -2.17. The smallest absolute Gasteiger partial charge is 0.394 e. The van der Waals surface area contributed by atoms with Crippen LogP contribution in [-0.4, -0.2) is 29.6 Å². The molecule has 0 spiro atoms. The Hall–Kier alpha value is -4.17. The quantitative estimate of drug-likeness (QED) is 0.213. The van der Waals surface area contributed by atoms with Crippen molar-refractivity contribution in [3.63, 3.8) is 0 Å². The molecule has 5 nitrogen and oxygen atoms in total. The second-order valence-corrected chi connectivity index (χ2v) is 9.65. The Balaban J connectivity index is 1.16. The summed E-state index contributed by atoms with van der Waals surface area (Å²) in [6.45, 7) is -0.627. The highest BCUT2D eigenvalue weighted by atomic mass is 19.4. The van der Waals surface area contributed by atoms with Crippen molar-refractivity contribution in [3.05, 3.63) is 95.6 Å². The molecule has 5 rings (SSSR count). The number of rotatable bonds is 9. The van der Waals surface area contributed by atoms with Gasteiger partial charge in [0.2, 0.25) is 11.8 Å². The lowest BCUT2D eigenvalue weighted by molar-refractivity contribution is -0.137. The van der Waals surface area contributed by atoms with Crippen LogP contribution >= 0.6 is 0 Å². The Morgan fingerprint density at radius 1 is 0.821 bits per heavy atom. The van der Waals surface area contributed by atoms with Gasteiger partial charge in [0.15, 0.2) is 0 Å². The maximum Gasteiger partial charge on any atom is 0.416 e. The van der Waals surface area contributed by atoms with E-state index in [1.807, 2.05) is 0 Å². The number of aliphatic hydroxyl groups is 1. The molecule has 1 unspecified atom stereocenters. The number of aliphatic hydroxyl groups excluding tert-OH is 1. The van der Waals surface area contributed by atoms with Gasteiger partial charge in [0.1, 0.15) is 6.04 Å². The third-order valence-electron chi connectivity index (χ3n) is 7.05. The number of hydrogen-bond acceptors (Lipinski definition) is 3. The fourth-order valence-electron chi connectivity index (χ4n) is 5.04. The maximum atomic E-state index is 12.7. The van der Waals surface area contributed by atoms with E-state index in [4.69, 9.17) is 0 Å². The van der Waals surface area contributed by atoms with E-state index >= 15 is 0 Å². The van der Waals surface area contributed by atoms with Gasteiger partial charge in [-0.2, -0.15) is 13.2 Å². The van der Waals surface area contributed by atoms with E-state index < -0.39 is 30.3 Å². The van der Waals surface area contributed by atoms with Crippen molar-refractivity contribution in [2.45, 2.75) is 38.0 Å². The highest BCUT2D eigenvalue weighted by Crippen LogP contribution is 2.36. The lowest BCUT2D eigenvalue weighted by atomic mass is 9.90. The van der Waals surface area contributed by atoms with Gasteiger partial charge in [-0.25, -0.2) is 0 Å². The maximum absolute atomic E-state index is 12.7. The summed E-state index contributed by atoms with van der Waals surface area (Å²) >= 11 is 0. The number of aryl methyl sites for hydroxylation is 1. The van der Waals surface area contributed by atoms with Gasteiger partial charge < -0.3 is 15.7 Å². The van der Waals surface area contributed by atoms with Crippen molar-refractivity contribution in [2.75, 3.05) is 6.61 Å². The first-order valence-electron chi connectivity index (χ1n) is 12.7. The number of halogens is 3. The minimum Gasteiger partial charge on any atom is -0.394 e. The molecule has 0 saturated carbocycles. The number of carbonyl (C=O) groups excluding carboxylic acids is 2. The van der Waals surface area contributed by atoms with Gasteiger partial charge in [0.05, 0.1) is 12.2 Å². The van der Waals surface area contributed by atoms with E-state index in [1.54, 1.807) is 0 Å². The molecule has 5 aromatic rings. The predicted molar refractivity (Wildman–Crippen MR) is 145 cm³/mol. The average molecular weight is 533 g/mol. The normalized spacial score (nSPS) is 12.7. The predicted octanol–water partition coefficient (Wildman–Crippen LogP) is 5.72. The molecule has 1 atom stereocenters. The summed E-state index contributed by atoms with van der Waals surface area (Å²) < 4.78 is 38.1. The van der Waals surface area contributed by atoms with E-state index in [9.17, 15) is 27.9 Å². The first kappa shape index (κ1) is 26.4. The molecule has 39 heavy (non-hydrogen) atoms. The Morgan fingerprint density at radius 2 is 1.46 bits per heavy atom. The number of nitrogens with one attached hydrogen (secondary N) is 2. The van der Waals surface area contributed by atoms with E-state index in [-0.39, 0.29) is 18.9 Å². The number of benzene rings is 5. The lowest BCUT2D eigenvalue weighted by Crippen LogP contribution is -2.48. The van der Waals surface area contributed by atoms with Gasteiger partial charge in [-0.1, -0.05) is 66.7 Å². The Labute approximate surface area is 223 Å². The van der Waals surface area contributed by atoms with Gasteiger partial charge in [-0.3, -0.25) is 9.59 Å². The number of carbonyl (C=O) groups is 2. The van der Waals surface area contributed by atoms with E-state index in [2.05, 4.69) is 65.2 Å². The van der Waals surface area contributed by atoms with E-state index in [1.165, 1.54) is 39.1 Å². The highest BCUT2D eigenvalue weighted by molar-refractivity contribution is 6.23. The van der Waals surface area contributed by atoms with Crippen LogP contribution in [0.5, 0.6) is 0 Å². The molecule has 0 aromatic heterocycles. The van der Waals surface area contributed by atoms with Crippen molar-refractivity contribution in [3.8, 4) is 0 Å². The molecule has 0 saturated heterocycles. The monoisotopic (exact) mass is 532 g/mol. The number of hydrogen-bond donors (Lipinski definition) is 3. The fourth-order valence-corrected chi connectivity index (χ4v) is 5.04. The van der Waals surface area contributed by atoms with Crippen LogP contribution in [-0.2, 0) is 28.7 Å². The zero-order chi connectivity index (χ0) is 27.6. The summed E-state index contributed by atoms with van der Waals surface area (Å²) in [5, 5.41) is 21.9. The van der Waals surface area contributed by atoms with E-state index in [0.29, 0.717) is 18.4 Å². The van der Waals surface area contributed by atoms with Crippen LogP contribution in [0.4, 0.5) is 13.2 Å². The van der Waals surface area contributed by atoms with Crippen LogP contribution in [0.2, 0.25) is 0 Å². The first-order chi connectivity index (χ1) is 18.7. The van der Waals surface area contributed by atoms with Gasteiger partial charge >= 0.3 is 6.18 Å². The zero-order valence-corrected chi connectivity index (χ0v) is 21.0. The van der Waals surface area contributed by atoms with Crippen LogP contribution in [0, 0.1) is 0 Å². The molecule has 5 aromatic carbocycles.